The summed E-state index contributed by atoms with van der Waals surface area (Å²) < 4.78 is 0. The van der Waals surface area contributed by atoms with E-state index in [-0.39, 0.29) is 24.0 Å². The molecular weight excluding hydrogens is 370 g/mol. The van der Waals surface area contributed by atoms with Crippen LogP contribution in [-0.2, 0) is 0 Å². The quantitative estimate of drug-likeness (QED) is 0.542. The van der Waals surface area contributed by atoms with Crippen LogP contribution in [0.2, 0.25) is 0 Å². The van der Waals surface area contributed by atoms with E-state index >= 15 is 0 Å². The lowest BCUT2D eigenvalue weighted by Crippen LogP contribution is -3.00. The summed E-state index contributed by atoms with van der Waals surface area (Å²) in [6, 6.07) is 22.2. The van der Waals surface area contributed by atoms with Crippen molar-refractivity contribution in [1.82, 2.24) is 0 Å². The molecule has 0 N–H and O–H groups in total. The van der Waals surface area contributed by atoms with Gasteiger partial charge in [0.25, 0.3) is 0 Å². The lowest BCUT2D eigenvalue weighted by molar-refractivity contribution is -0.00000320. The van der Waals surface area contributed by atoms with Gasteiger partial charge in [-0.15, -0.1) is 0 Å². The summed E-state index contributed by atoms with van der Waals surface area (Å²) in [7, 11) is 0. The molecule has 94 valence electrons. The molecule has 1 aliphatic rings. The van der Waals surface area contributed by atoms with Crippen LogP contribution in [0.1, 0.15) is 6.42 Å². The van der Waals surface area contributed by atoms with Crippen LogP contribution in [0.25, 0.3) is 0 Å². The second-order valence-corrected chi connectivity index (χ2v) is 10.6. The van der Waals surface area contributed by atoms with Crippen molar-refractivity contribution in [2.24, 2.45) is 0 Å². The second kappa shape index (κ2) is 6.40. The Bertz CT molecular complexity index is 439. The Hall–Kier alpha value is -0.0500. The van der Waals surface area contributed by atoms with Gasteiger partial charge < -0.3 is 24.0 Å². The van der Waals surface area contributed by atoms with E-state index in [1.807, 2.05) is 0 Å². The highest BCUT2D eigenvalue weighted by Gasteiger charge is 2.47. The number of halogens is 1. The second-order valence-electron chi connectivity index (χ2n) is 4.32. The molecule has 2 aromatic rings. The van der Waals surface area contributed by atoms with Crippen LogP contribution >= 0.6 is 17.8 Å². The van der Waals surface area contributed by atoms with Gasteiger partial charge in [0.05, 0.1) is 6.16 Å². The molecule has 1 heterocycles. The maximum Gasteiger partial charge on any atom is 0.138 e. The third-order valence-electron chi connectivity index (χ3n) is 3.28. The highest BCUT2D eigenvalue weighted by atomic mass is 127. The molecule has 0 aromatic heterocycles. The topological polar surface area (TPSA) is 0 Å². The maximum atomic E-state index is 2.32. The summed E-state index contributed by atoms with van der Waals surface area (Å²) in [5.41, 5.74) is 0. The number of hydrogen-bond acceptors (Lipinski definition) is 1. The Morgan fingerprint density at radius 1 is 0.778 bits per heavy atom. The number of benzene rings is 2. The summed E-state index contributed by atoms with van der Waals surface area (Å²) in [6.45, 7) is -1.13. The van der Waals surface area contributed by atoms with Crippen LogP contribution in [0, 0.1) is 0 Å². The molecule has 18 heavy (non-hydrogen) atoms. The van der Waals surface area contributed by atoms with Crippen molar-refractivity contribution in [2.75, 3.05) is 11.9 Å². The average Bonchev–Trinajstić information content (AvgIpc) is 2.91. The van der Waals surface area contributed by atoms with Crippen molar-refractivity contribution in [3.05, 3.63) is 60.7 Å². The summed E-state index contributed by atoms with van der Waals surface area (Å²) in [4.78, 5) is 0. The van der Waals surface area contributed by atoms with Crippen LogP contribution in [-0.4, -0.2) is 11.9 Å². The van der Waals surface area contributed by atoms with Crippen molar-refractivity contribution in [3.8, 4) is 0 Å². The smallest absolute Gasteiger partial charge is 0.138 e. The fourth-order valence-electron chi connectivity index (χ4n) is 2.47. The zero-order valence-electron chi connectivity index (χ0n) is 10.1. The predicted octanol–water partition coefficient (Wildman–Crippen LogP) is 0.711. The molecule has 0 spiro atoms. The molecule has 0 saturated carbocycles. The van der Waals surface area contributed by atoms with Crippen molar-refractivity contribution in [1.29, 1.82) is 0 Å². The molecule has 1 saturated heterocycles. The van der Waals surface area contributed by atoms with E-state index in [1.54, 1.807) is 10.6 Å². The van der Waals surface area contributed by atoms with Crippen LogP contribution in [0.3, 0.4) is 0 Å². The Labute approximate surface area is 131 Å². The molecule has 0 amide bonds. The zero-order valence-corrected chi connectivity index (χ0v) is 14.0. The Kier molecular flexibility index (Phi) is 5.11. The molecule has 3 rings (SSSR count). The summed E-state index contributed by atoms with van der Waals surface area (Å²) >= 11 is 2.21. The molecule has 0 nitrogen and oxygen atoms in total. The first-order chi connectivity index (χ1) is 8.42. The van der Waals surface area contributed by atoms with Gasteiger partial charge in [-0.25, -0.2) is 0 Å². The number of hydrogen-bond donors (Lipinski definition) is 0. The minimum absolute atomic E-state index is 0. The van der Waals surface area contributed by atoms with Gasteiger partial charge in [-0.2, -0.15) is 0 Å². The van der Waals surface area contributed by atoms with Crippen LogP contribution in [0.4, 0.5) is 0 Å². The van der Waals surface area contributed by atoms with E-state index in [0.717, 1.165) is 0 Å². The number of rotatable bonds is 2. The van der Waals surface area contributed by atoms with E-state index in [4.69, 9.17) is 0 Å². The highest BCUT2D eigenvalue weighted by molar-refractivity contribution is 8.67. The van der Waals surface area contributed by atoms with Gasteiger partial charge in [0.1, 0.15) is 17.1 Å². The van der Waals surface area contributed by atoms with Gasteiger partial charge in [0.15, 0.2) is 0 Å². The van der Waals surface area contributed by atoms with Crippen LogP contribution in [0.15, 0.2) is 60.7 Å². The lowest BCUT2D eigenvalue weighted by atomic mass is 10.4. The van der Waals surface area contributed by atoms with Crippen LogP contribution < -0.4 is 34.6 Å². The van der Waals surface area contributed by atoms with Crippen molar-refractivity contribution in [2.45, 2.75) is 6.42 Å². The minimum atomic E-state index is -1.13. The molecule has 2 aromatic carbocycles. The molecule has 0 radical (unpaired) electrons. The Morgan fingerprint density at radius 2 is 1.28 bits per heavy atom. The normalized spacial score (nSPS) is 17.1. The van der Waals surface area contributed by atoms with E-state index < -0.39 is 6.46 Å². The molecule has 0 aliphatic carbocycles. The van der Waals surface area contributed by atoms with Gasteiger partial charge in [0, 0.05) is 17.1 Å². The monoisotopic (exact) mass is 386 g/mol. The van der Waals surface area contributed by atoms with E-state index in [1.165, 1.54) is 18.3 Å². The van der Waals surface area contributed by atoms with Crippen LogP contribution in [0.5, 0.6) is 0 Å². The highest BCUT2D eigenvalue weighted by Crippen LogP contribution is 2.71. The third kappa shape index (κ3) is 2.61. The summed E-state index contributed by atoms with van der Waals surface area (Å²) in [6.07, 6.45) is 2.73. The van der Waals surface area contributed by atoms with Gasteiger partial charge in [0.2, 0.25) is 0 Å². The van der Waals surface area contributed by atoms with Gasteiger partial charge in [-0.05, 0) is 30.7 Å². The fraction of sp³-hybridized carbons (Fsp3) is 0.200. The first-order valence-electron chi connectivity index (χ1n) is 6.06. The molecule has 0 bridgehead atoms. The van der Waals surface area contributed by atoms with Gasteiger partial charge in [-0.3, -0.25) is 0 Å². The van der Waals surface area contributed by atoms with Crippen molar-refractivity contribution < 1.29 is 24.0 Å². The predicted molar refractivity (Wildman–Crippen MR) is 81.0 cm³/mol. The van der Waals surface area contributed by atoms with E-state index in [2.05, 4.69) is 72.0 Å². The van der Waals surface area contributed by atoms with Gasteiger partial charge in [-0.1, -0.05) is 36.4 Å². The summed E-state index contributed by atoms with van der Waals surface area (Å²) in [5.74, 6) is 1.32. The van der Waals surface area contributed by atoms with E-state index in [0.29, 0.717) is 0 Å². The molecule has 0 atom stereocenters. The van der Waals surface area contributed by atoms with Crippen molar-refractivity contribution >= 4 is 28.5 Å². The fourth-order valence-corrected chi connectivity index (χ4v) is 10.1. The molecule has 3 heteroatoms. The van der Waals surface area contributed by atoms with Gasteiger partial charge >= 0.3 is 0 Å². The summed E-state index contributed by atoms with van der Waals surface area (Å²) in [5, 5.41) is 3.13. The molecular formula is C15H16IPS. The SMILES string of the molecule is [I-].c1ccc([P+]2(c3ccccc3)CCCS2)cc1. The Morgan fingerprint density at radius 3 is 1.67 bits per heavy atom. The zero-order chi connectivity index (χ0) is 11.6. The molecule has 1 aliphatic heterocycles. The van der Waals surface area contributed by atoms with E-state index in [9.17, 15) is 0 Å². The first-order valence-corrected chi connectivity index (χ1v) is 9.62. The molecule has 0 unspecified atom stereocenters. The largest absolute Gasteiger partial charge is 1.00 e. The molecule has 1 fully saturated rings. The Balaban J connectivity index is 0.00000120. The van der Waals surface area contributed by atoms with Crippen molar-refractivity contribution in [3.63, 3.8) is 0 Å². The standard InChI is InChI=1S/C15H16PS.HI/c1-3-8-14(9-4-1)16(12-7-13-17-16)15-10-5-2-6-11-15;/h1-6,8-11H,7,12-13H2;1H/q+1;/p-1. The minimum Gasteiger partial charge on any atom is -1.00 e. The third-order valence-corrected chi connectivity index (χ3v) is 11.1. The first kappa shape index (κ1) is 14.4. The average molecular weight is 386 g/mol. The lowest BCUT2D eigenvalue weighted by Gasteiger charge is -2.19. The maximum absolute atomic E-state index is 2.32.